The van der Waals surface area contributed by atoms with E-state index in [-0.39, 0.29) is 5.91 Å². The first-order valence-corrected chi connectivity index (χ1v) is 8.62. The Balaban J connectivity index is 1.47. The van der Waals surface area contributed by atoms with Crippen molar-refractivity contribution >= 4 is 16.8 Å². The molecular formula is C20H23N3O. The van der Waals surface area contributed by atoms with Gasteiger partial charge in [-0.1, -0.05) is 18.2 Å². The van der Waals surface area contributed by atoms with E-state index in [9.17, 15) is 4.79 Å². The molecule has 0 unspecified atom stereocenters. The second-order valence-corrected chi connectivity index (χ2v) is 6.71. The van der Waals surface area contributed by atoms with Crippen molar-refractivity contribution in [2.45, 2.75) is 39.8 Å². The molecule has 0 fully saturated rings. The monoisotopic (exact) mass is 321 g/mol. The van der Waals surface area contributed by atoms with E-state index in [2.05, 4.69) is 59.8 Å². The molecule has 1 aliphatic heterocycles. The van der Waals surface area contributed by atoms with E-state index in [1.807, 2.05) is 4.90 Å². The largest absolute Gasteiger partial charge is 0.357 e. The summed E-state index contributed by atoms with van der Waals surface area (Å²) in [4.78, 5) is 18.1. The van der Waals surface area contributed by atoms with Crippen molar-refractivity contribution in [2.24, 2.45) is 0 Å². The number of aromatic amines is 1. The van der Waals surface area contributed by atoms with Crippen molar-refractivity contribution in [2.75, 3.05) is 6.54 Å². The van der Waals surface area contributed by atoms with Gasteiger partial charge in [-0.2, -0.15) is 0 Å². The Morgan fingerprint density at radius 1 is 1.12 bits per heavy atom. The molecule has 0 bridgehead atoms. The lowest BCUT2D eigenvalue weighted by Gasteiger charge is -2.27. The molecule has 4 nitrogen and oxygen atoms in total. The molecule has 24 heavy (non-hydrogen) atoms. The standard InChI is InChI=1S/C20H23N3O/c1-14-7-8-15(2)23(14)12-10-20(24)22-11-9-17-16-5-3-4-6-18(16)21-19(17)13-22/h3-8,21H,9-13H2,1-2H3. The van der Waals surface area contributed by atoms with Gasteiger partial charge in [0.05, 0.1) is 6.54 Å². The summed E-state index contributed by atoms with van der Waals surface area (Å²) >= 11 is 0. The summed E-state index contributed by atoms with van der Waals surface area (Å²) in [6.45, 7) is 6.47. The highest BCUT2D eigenvalue weighted by Crippen LogP contribution is 2.27. The van der Waals surface area contributed by atoms with E-state index in [0.717, 1.165) is 19.5 Å². The Hall–Kier alpha value is -2.49. The van der Waals surface area contributed by atoms with Crippen molar-refractivity contribution in [3.63, 3.8) is 0 Å². The normalized spacial score (nSPS) is 14.2. The van der Waals surface area contributed by atoms with Gasteiger partial charge in [0.1, 0.15) is 0 Å². The van der Waals surface area contributed by atoms with Crippen molar-refractivity contribution in [1.82, 2.24) is 14.5 Å². The Labute approximate surface area is 142 Å². The number of carbonyl (C=O) groups is 1. The van der Waals surface area contributed by atoms with Gasteiger partial charge in [-0.15, -0.1) is 0 Å². The second kappa shape index (κ2) is 5.86. The second-order valence-electron chi connectivity index (χ2n) is 6.71. The molecule has 1 amide bonds. The summed E-state index contributed by atoms with van der Waals surface area (Å²) in [6.07, 6.45) is 1.50. The Bertz CT molecular complexity index is 883. The van der Waals surface area contributed by atoms with Crippen LogP contribution in [-0.4, -0.2) is 26.9 Å². The summed E-state index contributed by atoms with van der Waals surface area (Å²) in [5.41, 5.74) is 6.19. The number of para-hydroxylation sites is 1. The van der Waals surface area contributed by atoms with Gasteiger partial charge >= 0.3 is 0 Å². The number of aromatic nitrogens is 2. The highest BCUT2D eigenvalue weighted by Gasteiger charge is 2.23. The number of fused-ring (bicyclic) bond motifs is 3. The molecule has 124 valence electrons. The number of H-pyrrole nitrogens is 1. The van der Waals surface area contributed by atoms with Crippen LogP contribution in [0.3, 0.4) is 0 Å². The predicted octanol–water partition coefficient (Wildman–Crippen LogP) is 3.56. The minimum Gasteiger partial charge on any atom is -0.357 e. The Morgan fingerprint density at radius 2 is 1.88 bits per heavy atom. The lowest BCUT2D eigenvalue weighted by molar-refractivity contribution is -0.132. The molecule has 1 aromatic carbocycles. The van der Waals surface area contributed by atoms with E-state index < -0.39 is 0 Å². The van der Waals surface area contributed by atoms with Crippen LogP contribution in [0.1, 0.15) is 29.1 Å². The van der Waals surface area contributed by atoms with E-state index in [1.54, 1.807) is 0 Å². The van der Waals surface area contributed by atoms with Crippen LogP contribution < -0.4 is 0 Å². The molecule has 2 aromatic heterocycles. The first-order chi connectivity index (χ1) is 11.6. The fourth-order valence-corrected chi connectivity index (χ4v) is 3.82. The maximum Gasteiger partial charge on any atom is 0.224 e. The van der Waals surface area contributed by atoms with E-state index in [1.165, 1.54) is 33.5 Å². The smallest absolute Gasteiger partial charge is 0.224 e. The SMILES string of the molecule is Cc1ccc(C)n1CCC(=O)N1CCc2c([nH]c3ccccc23)C1. The maximum absolute atomic E-state index is 12.6. The van der Waals surface area contributed by atoms with Gasteiger partial charge < -0.3 is 14.5 Å². The highest BCUT2D eigenvalue weighted by atomic mass is 16.2. The quantitative estimate of drug-likeness (QED) is 0.787. The summed E-state index contributed by atoms with van der Waals surface area (Å²) in [5, 5.41) is 1.30. The van der Waals surface area contributed by atoms with E-state index in [0.29, 0.717) is 13.0 Å². The molecule has 4 heteroatoms. The summed E-state index contributed by atoms with van der Waals surface area (Å²) < 4.78 is 2.22. The summed E-state index contributed by atoms with van der Waals surface area (Å²) in [7, 11) is 0. The number of benzene rings is 1. The number of amides is 1. The zero-order valence-electron chi connectivity index (χ0n) is 14.3. The fraction of sp³-hybridized carbons (Fsp3) is 0.350. The molecule has 0 radical (unpaired) electrons. The van der Waals surface area contributed by atoms with Crippen LogP contribution in [0.15, 0.2) is 36.4 Å². The lowest BCUT2D eigenvalue weighted by atomic mass is 10.0. The van der Waals surface area contributed by atoms with Gasteiger partial charge in [-0.05, 0) is 44.0 Å². The first-order valence-electron chi connectivity index (χ1n) is 8.62. The molecule has 1 aliphatic rings. The lowest BCUT2D eigenvalue weighted by Crippen LogP contribution is -2.36. The molecule has 0 saturated carbocycles. The molecule has 3 aromatic rings. The molecule has 1 N–H and O–H groups in total. The summed E-state index contributed by atoms with van der Waals surface area (Å²) in [5.74, 6) is 0.242. The number of hydrogen-bond acceptors (Lipinski definition) is 1. The topological polar surface area (TPSA) is 41.0 Å². The average molecular weight is 321 g/mol. The third-order valence-electron chi connectivity index (χ3n) is 5.20. The van der Waals surface area contributed by atoms with Gasteiger partial charge in [0.15, 0.2) is 0 Å². The van der Waals surface area contributed by atoms with Gasteiger partial charge in [-0.3, -0.25) is 4.79 Å². The zero-order chi connectivity index (χ0) is 16.7. The predicted molar refractivity (Wildman–Crippen MR) is 95.9 cm³/mol. The number of aryl methyl sites for hydroxylation is 2. The number of hydrogen-bond donors (Lipinski definition) is 1. The number of rotatable bonds is 3. The minimum atomic E-state index is 0.242. The molecular weight excluding hydrogens is 298 g/mol. The maximum atomic E-state index is 12.6. The Kier molecular flexibility index (Phi) is 3.68. The number of nitrogens with zero attached hydrogens (tertiary/aromatic N) is 2. The van der Waals surface area contributed by atoms with Crippen LogP contribution in [0.5, 0.6) is 0 Å². The molecule has 0 aliphatic carbocycles. The summed E-state index contributed by atoms with van der Waals surface area (Å²) in [6, 6.07) is 12.6. The third kappa shape index (κ3) is 2.52. The van der Waals surface area contributed by atoms with Crippen molar-refractivity contribution in [3.8, 4) is 0 Å². The molecule has 0 atom stereocenters. The minimum absolute atomic E-state index is 0.242. The molecule has 0 saturated heterocycles. The molecule has 4 rings (SSSR count). The van der Waals surface area contributed by atoms with E-state index in [4.69, 9.17) is 0 Å². The van der Waals surface area contributed by atoms with Gasteiger partial charge in [0.2, 0.25) is 5.91 Å². The highest BCUT2D eigenvalue weighted by molar-refractivity contribution is 5.85. The van der Waals surface area contributed by atoms with Gasteiger partial charge in [0, 0.05) is 47.5 Å². The van der Waals surface area contributed by atoms with Crippen molar-refractivity contribution in [3.05, 3.63) is 59.0 Å². The average Bonchev–Trinajstić information content (AvgIpc) is 3.12. The van der Waals surface area contributed by atoms with Crippen LogP contribution in [0, 0.1) is 13.8 Å². The van der Waals surface area contributed by atoms with Gasteiger partial charge in [0.25, 0.3) is 0 Å². The number of nitrogens with one attached hydrogen (secondary N) is 1. The number of carbonyl (C=O) groups excluding carboxylic acids is 1. The van der Waals surface area contributed by atoms with Crippen LogP contribution >= 0.6 is 0 Å². The molecule has 3 heterocycles. The molecule has 0 spiro atoms. The van der Waals surface area contributed by atoms with Crippen molar-refractivity contribution < 1.29 is 4.79 Å². The van der Waals surface area contributed by atoms with Crippen LogP contribution in [0.25, 0.3) is 10.9 Å². The third-order valence-corrected chi connectivity index (χ3v) is 5.20. The first kappa shape index (κ1) is 15.1. The van der Waals surface area contributed by atoms with Crippen LogP contribution in [-0.2, 0) is 24.3 Å². The van der Waals surface area contributed by atoms with E-state index >= 15 is 0 Å². The zero-order valence-corrected chi connectivity index (χ0v) is 14.3. The van der Waals surface area contributed by atoms with Crippen molar-refractivity contribution in [1.29, 1.82) is 0 Å². The van der Waals surface area contributed by atoms with Crippen LogP contribution in [0.4, 0.5) is 0 Å². The fourth-order valence-electron chi connectivity index (χ4n) is 3.82. The van der Waals surface area contributed by atoms with Crippen LogP contribution in [0.2, 0.25) is 0 Å². The Morgan fingerprint density at radius 3 is 2.67 bits per heavy atom. The van der Waals surface area contributed by atoms with Gasteiger partial charge in [-0.25, -0.2) is 0 Å².